The summed E-state index contributed by atoms with van der Waals surface area (Å²) in [6.45, 7) is -0.903. The Labute approximate surface area is 113 Å². The fourth-order valence-electron chi connectivity index (χ4n) is 1.18. The molecule has 0 rings (SSSR count). The van der Waals surface area contributed by atoms with Gasteiger partial charge in [-0.1, -0.05) is 0 Å². The number of ether oxygens (including phenoxy) is 1. The summed E-state index contributed by atoms with van der Waals surface area (Å²) in [6.07, 6.45) is -11.3. The minimum atomic E-state index is -2.23. The van der Waals surface area contributed by atoms with Crippen molar-refractivity contribution in [2.24, 2.45) is 0 Å². The van der Waals surface area contributed by atoms with E-state index >= 15 is 0 Å². The van der Waals surface area contributed by atoms with E-state index in [1.165, 1.54) is 0 Å². The van der Waals surface area contributed by atoms with Crippen LogP contribution in [-0.4, -0.2) is 85.0 Å². The normalized spacial score (nSPS) is 18.7. The summed E-state index contributed by atoms with van der Waals surface area (Å²) >= 11 is 0. The lowest BCUT2D eigenvalue weighted by Crippen LogP contribution is -2.50. The Hall–Kier alpha value is -1.30. The Morgan fingerprint density at radius 3 is 1.90 bits per heavy atom. The first-order valence-electron chi connectivity index (χ1n) is 5.63. The number of hydrogen-bond acceptors (Lipinski definition) is 9. The van der Waals surface area contributed by atoms with E-state index in [0.29, 0.717) is 0 Å². The van der Waals surface area contributed by atoms with E-state index in [-0.39, 0.29) is 0 Å². The molecule has 0 aliphatic heterocycles. The molecule has 0 aliphatic rings. The van der Waals surface area contributed by atoms with E-state index in [4.69, 9.17) is 15.3 Å². The van der Waals surface area contributed by atoms with Gasteiger partial charge in [-0.15, -0.1) is 0 Å². The van der Waals surface area contributed by atoms with Gasteiger partial charge in [0.1, 0.15) is 24.4 Å². The van der Waals surface area contributed by atoms with Crippen LogP contribution >= 0.6 is 0 Å². The van der Waals surface area contributed by atoms with E-state index in [1.54, 1.807) is 0 Å². The summed E-state index contributed by atoms with van der Waals surface area (Å²) in [7, 11) is 0. The van der Waals surface area contributed by atoms with Crippen LogP contribution < -0.4 is 0 Å². The van der Waals surface area contributed by atoms with Crippen LogP contribution in [0.25, 0.3) is 0 Å². The summed E-state index contributed by atoms with van der Waals surface area (Å²) in [5.74, 6) is -2.40. The number of carbonyl (C=O) groups is 2. The molecular weight excluding hydrogens is 280 g/mol. The van der Waals surface area contributed by atoms with Crippen molar-refractivity contribution in [3.8, 4) is 0 Å². The molecule has 0 aromatic rings. The number of aliphatic hydroxyl groups excluding tert-OH is 6. The number of aliphatic hydroxyl groups is 6. The Bertz CT molecular complexity index is 319. The van der Waals surface area contributed by atoms with Gasteiger partial charge in [0.15, 0.2) is 0 Å². The Kier molecular flexibility index (Phi) is 8.22. The number of esters is 1. The van der Waals surface area contributed by atoms with Gasteiger partial charge in [-0.2, -0.15) is 0 Å². The summed E-state index contributed by atoms with van der Waals surface area (Å²) in [5.41, 5.74) is 0. The van der Waals surface area contributed by atoms with Crippen LogP contribution in [0.5, 0.6) is 0 Å². The lowest BCUT2D eigenvalue weighted by molar-refractivity contribution is -0.214. The maximum absolute atomic E-state index is 11.1. The number of carboxylic acid groups (broad SMARTS) is 1. The fourth-order valence-corrected chi connectivity index (χ4v) is 1.18. The lowest BCUT2D eigenvalue weighted by atomic mass is 10.0. The van der Waals surface area contributed by atoms with Crippen molar-refractivity contribution in [1.29, 1.82) is 0 Å². The van der Waals surface area contributed by atoms with Gasteiger partial charge in [0, 0.05) is 0 Å². The molecule has 0 spiro atoms. The second kappa shape index (κ2) is 8.79. The summed E-state index contributed by atoms with van der Waals surface area (Å²) < 4.78 is 4.24. The molecule has 0 radical (unpaired) electrons. The third-order valence-corrected chi connectivity index (χ3v) is 2.37. The van der Waals surface area contributed by atoms with Crippen molar-refractivity contribution in [2.45, 2.75) is 43.5 Å². The summed E-state index contributed by atoms with van der Waals surface area (Å²) in [4.78, 5) is 21.2. The largest absolute Gasteiger partial charge is 0.481 e. The van der Waals surface area contributed by atoms with Gasteiger partial charge in [-0.25, -0.2) is 0 Å². The number of carboxylic acids is 1. The molecule has 10 heteroatoms. The molecule has 1 unspecified atom stereocenters. The molecule has 0 aromatic carbocycles. The molecule has 10 nitrogen and oxygen atoms in total. The number of rotatable bonds is 9. The second-order valence-electron chi connectivity index (χ2n) is 4.00. The first-order chi connectivity index (χ1) is 9.20. The SMILES string of the molecule is O=C(O)CCC(=O)OC(O)[C@H](O)[C@@H](O)[C@H](O)[C@H](O)CO. The Balaban J connectivity index is 4.35. The molecule has 20 heavy (non-hydrogen) atoms. The van der Waals surface area contributed by atoms with Gasteiger partial charge in [-0.3, -0.25) is 9.59 Å². The smallest absolute Gasteiger partial charge is 0.308 e. The molecule has 0 heterocycles. The number of carbonyl (C=O) groups excluding carboxylic acids is 1. The van der Waals surface area contributed by atoms with E-state index in [2.05, 4.69) is 4.74 Å². The highest BCUT2D eigenvalue weighted by Crippen LogP contribution is 2.10. The van der Waals surface area contributed by atoms with Gasteiger partial charge in [-0.05, 0) is 0 Å². The van der Waals surface area contributed by atoms with E-state index in [9.17, 15) is 30.0 Å². The van der Waals surface area contributed by atoms with E-state index in [1.807, 2.05) is 0 Å². The van der Waals surface area contributed by atoms with Crippen molar-refractivity contribution in [1.82, 2.24) is 0 Å². The predicted molar refractivity (Wildman–Crippen MR) is 60.1 cm³/mol. The molecule has 0 aliphatic carbocycles. The predicted octanol–water partition coefficient (Wildman–Crippen LogP) is -3.85. The van der Waals surface area contributed by atoms with E-state index < -0.39 is 62.1 Å². The standard InChI is InChI=1S/C10H18O10/c11-3-4(12)7(16)8(17)9(18)10(19)20-6(15)2-1-5(13)14/h4,7-12,16-19H,1-3H2,(H,13,14)/t4-,7-,8+,9-,10?/m1/s1. The van der Waals surface area contributed by atoms with Crippen LogP contribution in [0.2, 0.25) is 0 Å². The van der Waals surface area contributed by atoms with Gasteiger partial charge in [0.05, 0.1) is 19.4 Å². The minimum absolute atomic E-state index is 0.546. The Morgan fingerprint density at radius 1 is 0.900 bits per heavy atom. The molecular formula is C10H18O10. The summed E-state index contributed by atoms with van der Waals surface area (Å²) in [6, 6.07) is 0. The van der Waals surface area contributed by atoms with Crippen LogP contribution in [0.15, 0.2) is 0 Å². The quantitative estimate of drug-likeness (QED) is 0.164. The second-order valence-corrected chi connectivity index (χ2v) is 4.00. The van der Waals surface area contributed by atoms with Gasteiger partial charge in [0.2, 0.25) is 6.29 Å². The van der Waals surface area contributed by atoms with Crippen LogP contribution in [0.1, 0.15) is 12.8 Å². The number of hydrogen-bond donors (Lipinski definition) is 7. The Morgan fingerprint density at radius 2 is 1.45 bits per heavy atom. The van der Waals surface area contributed by atoms with Crippen LogP contribution in [0.3, 0.4) is 0 Å². The highest BCUT2D eigenvalue weighted by Gasteiger charge is 2.35. The van der Waals surface area contributed by atoms with E-state index in [0.717, 1.165) is 0 Å². The molecule has 0 amide bonds. The van der Waals surface area contributed by atoms with Gasteiger partial charge >= 0.3 is 11.9 Å². The molecule has 0 saturated carbocycles. The first kappa shape index (κ1) is 18.7. The van der Waals surface area contributed by atoms with Crippen molar-refractivity contribution in [3.63, 3.8) is 0 Å². The molecule has 0 bridgehead atoms. The number of aliphatic carboxylic acids is 1. The average molecular weight is 298 g/mol. The summed E-state index contributed by atoms with van der Waals surface area (Å²) in [5, 5.41) is 63.2. The molecule has 0 aromatic heterocycles. The van der Waals surface area contributed by atoms with Crippen molar-refractivity contribution in [2.75, 3.05) is 6.61 Å². The topological polar surface area (TPSA) is 185 Å². The monoisotopic (exact) mass is 298 g/mol. The van der Waals surface area contributed by atoms with Crippen LogP contribution in [0.4, 0.5) is 0 Å². The molecule has 0 fully saturated rings. The zero-order valence-electron chi connectivity index (χ0n) is 10.4. The van der Waals surface area contributed by atoms with Gasteiger partial charge < -0.3 is 40.5 Å². The van der Waals surface area contributed by atoms with Crippen molar-refractivity contribution < 1.29 is 50.1 Å². The molecule has 5 atom stereocenters. The highest BCUT2D eigenvalue weighted by atomic mass is 16.6. The zero-order chi connectivity index (χ0) is 15.9. The van der Waals surface area contributed by atoms with Gasteiger partial charge in [0.25, 0.3) is 0 Å². The van der Waals surface area contributed by atoms with Crippen LogP contribution in [0, 0.1) is 0 Å². The third-order valence-electron chi connectivity index (χ3n) is 2.37. The molecule has 118 valence electrons. The maximum Gasteiger partial charge on any atom is 0.308 e. The van der Waals surface area contributed by atoms with Crippen LogP contribution in [-0.2, 0) is 14.3 Å². The minimum Gasteiger partial charge on any atom is -0.481 e. The zero-order valence-corrected chi connectivity index (χ0v) is 10.4. The molecule has 0 saturated heterocycles. The molecule has 7 N–H and O–H groups in total. The third kappa shape index (κ3) is 6.23. The fraction of sp³-hybridized carbons (Fsp3) is 0.800. The van der Waals surface area contributed by atoms with Crippen molar-refractivity contribution >= 4 is 11.9 Å². The van der Waals surface area contributed by atoms with Crippen molar-refractivity contribution in [3.05, 3.63) is 0 Å². The lowest BCUT2D eigenvalue weighted by Gasteiger charge is -2.27. The first-order valence-corrected chi connectivity index (χ1v) is 5.63. The maximum atomic E-state index is 11.1. The average Bonchev–Trinajstić information content (AvgIpc) is 2.41. The highest BCUT2D eigenvalue weighted by molar-refractivity contribution is 5.76.